The Bertz CT molecular complexity index is 828. The Balaban J connectivity index is 2.49. The molecule has 0 atom stereocenters. The van der Waals surface area contributed by atoms with Gasteiger partial charge in [0.15, 0.2) is 0 Å². The van der Waals surface area contributed by atoms with Gasteiger partial charge in [-0.05, 0) is 31.5 Å². The molecule has 0 amide bonds. The predicted octanol–water partition coefficient (Wildman–Crippen LogP) is 2.02. The third kappa shape index (κ3) is 3.55. The average molecular weight is 327 g/mol. The Hall–Kier alpha value is -2.71. The molecule has 2 aromatic rings. The normalized spacial score (nSPS) is 11.5. The number of aromatic nitrogens is 3. The highest BCUT2D eigenvalue weighted by atomic mass is 19.4. The van der Waals surface area contributed by atoms with Crippen LogP contribution in [-0.2, 0) is 12.7 Å². The fraction of sp³-hybridized carbons (Fsp3) is 0.286. The Morgan fingerprint density at radius 1 is 1.30 bits per heavy atom. The SMILES string of the molecule is Cc1cc(C(F)(F)F)nc(Cn2ccc(C)c(C(=O)O)c2=O)n1. The fourth-order valence-corrected chi connectivity index (χ4v) is 2.05. The number of nitrogens with zero attached hydrogens (tertiary/aromatic N) is 3. The first-order chi connectivity index (χ1) is 10.6. The van der Waals surface area contributed by atoms with E-state index in [-0.39, 0.29) is 23.6 Å². The van der Waals surface area contributed by atoms with Crippen LogP contribution >= 0.6 is 0 Å². The van der Waals surface area contributed by atoms with Crippen LogP contribution in [0.3, 0.4) is 0 Å². The molecular formula is C14H12F3N3O3. The molecule has 6 nitrogen and oxygen atoms in total. The minimum atomic E-state index is -4.63. The number of halogens is 3. The molecule has 122 valence electrons. The molecule has 0 spiro atoms. The standard InChI is InChI=1S/C14H12F3N3O3/c1-7-3-4-20(12(21)11(7)13(22)23)6-10-18-8(2)5-9(19-10)14(15,16)17/h3-5H,6H2,1-2H3,(H,22,23). The van der Waals surface area contributed by atoms with Gasteiger partial charge in [0.1, 0.15) is 17.1 Å². The fourth-order valence-electron chi connectivity index (χ4n) is 2.05. The summed E-state index contributed by atoms with van der Waals surface area (Å²) in [5, 5.41) is 9.04. The monoisotopic (exact) mass is 327 g/mol. The van der Waals surface area contributed by atoms with E-state index >= 15 is 0 Å². The van der Waals surface area contributed by atoms with Gasteiger partial charge >= 0.3 is 12.1 Å². The lowest BCUT2D eigenvalue weighted by molar-refractivity contribution is -0.141. The first-order valence-electron chi connectivity index (χ1n) is 6.44. The number of carboxylic acids is 1. The Labute approximate surface area is 128 Å². The molecule has 9 heteroatoms. The number of hydrogen-bond donors (Lipinski definition) is 1. The summed E-state index contributed by atoms with van der Waals surface area (Å²) in [6.07, 6.45) is -3.34. The molecular weight excluding hydrogens is 315 g/mol. The van der Waals surface area contributed by atoms with Gasteiger partial charge in [-0.25, -0.2) is 14.8 Å². The van der Waals surface area contributed by atoms with Crippen molar-refractivity contribution in [2.45, 2.75) is 26.6 Å². The second-order valence-corrected chi connectivity index (χ2v) is 4.92. The van der Waals surface area contributed by atoms with Gasteiger partial charge < -0.3 is 9.67 Å². The average Bonchev–Trinajstić information content (AvgIpc) is 2.40. The molecule has 0 aliphatic heterocycles. The van der Waals surface area contributed by atoms with Crippen molar-refractivity contribution >= 4 is 5.97 Å². The number of alkyl halides is 3. The predicted molar refractivity (Wildman–Crippen MR) is 73.3 cm³/mol. The van der Waals surface area contributed by atoms with E-state index in [1.54, 1.807) is 0 Å². The van der Waals surface area contributed by atoms with Crippen LogP contribution in [0.5, 0.6) is 0 Å². The van der Waals surface area contributed by atoms with Crippen molar-refractivity contribution in [3.63, 3.8) is 0 Å². The summed E-state index contributed by atoms with van der Waals surface area (Å²) in [7, 11) is 0. The molecule has 0 fully saturated rings. The maximum Gasteiger partial charge on any atom is 0.433 e. The Kier molecular flexibility index (Phi) is 4.22. The van der Waals surface area contributed by atoms with E-state index in [1.807, 2.05) is 0 Å². The molecule has 0 aromatic carbocycles. The quantitative estimate of drug-likeness (QED) is 0.932. The lowest BCUT2D eigenvalue weighted by Crippen LogP contribution is -2.28. The number of carboxylic acid groups (broad SMARTS) is 1. The third-order valence-corrected chi connectivity index (χ3v) is 3.09. The van der Waals surface area contributed by atoms with Crippen LogP contribution in [0.2, 0.25) is 0 Å². The van der Waals surface area contributed by atoms with Crippen molar-refractivity contribution < 1.29 is 23.1 Å². The van der Waals surface area contributed by atoms with Crippen molar-refractivity contribution in [3.8, 4) is 0 Å². The van der Waals surface area contributed by atoms with Crippen molar-refractivity contribution in [2.24, 2.45) is 0 Å². The first-order valence-corrected chi connectivity index (χ1v) is 6.44. The van der Waals surface area contributed by atoms with Gasteiger partial charge in [-0.3, -0.25) is 4.79 Å². The van der Waals surface area contributed by atoms with Crippen molar-refractivity contribution in [2.75, 3.05) is 0 Å². The molecule has 0 aliphatic carbocycles. The molecule has 0 saturated carbocycles. The smallest absolute Gasteiger partial charge is 0.433 e. The number of aryl methyl sites for hydroxylation is 2. The highest BCUT2D eigenvalue weighted by Gasteiger charge is 2.33. The van der Waals surface area contributed by atoms with E-state index < -0.39 is 29.0 Å². The number of aromatic carboxylic acids is 1. The summed E-state index contributed by atoms with van der Waals surface area (Å²) in [5.74, 6) is -1.62. The largest absolute Gasteiger partial charge is 0.477 e. The summed E-state index contributed by atoms with van der Waals surface area (Å²) in [6, 6.07) is 2.19. The van der Waals surface area contributed by atoms with Crippen molar-refractivity contribution in [1.82, 2.24) is 14.5 Å². The van der Waals surface area contributed by atoms with E-state index in [0.29, 0.717) is 0 Å². The molecule has 0 aliphatic rings. The van der Waals surface area contributed by atoms with Gasteiger partial charge in [0.25, 0.3) is 5.56 Å². The summed E-state index contributed by atoms with van der Waals surface area (Å²) in [5.41, 5.74) is -2.01. The van der Waals surface area contributed by atoms with Gasteiger partial charge in [-0.15, -0.1) is 0 Å². The molecule has 2 rings (SSSR count). The molecule has 0 bridgehead atoms. The van der Waals surface area contributed by atoms with Gasteiger partial charge in [0.05, 0.1) is 6.54 Å². The van der Waals surface area contributed by atoms with E-state index in [2.05, 4.69) is 9.97 Å². The number of hydrogen-bond acceptors (Lipinski definition) is 4. The van der Waals surface area contributed by atoms with Crippen LogP contribution in [-0.4, -0.2) is 25.6 Å². The molecule has 23 heavy (non-hydrogen) atoms. The van der Waals surface area contributed by atoms with E-state index in [4.69, 9.17) is 5.11 Å². The lowest BCUT2D eigenvalue weighted by Gasteiger charge is -2.11. The summed E-state index contributed by atoms with van der Waals surface area (Å²) < 4.78 is 39.2. The zero-order valence-electron chi connectivity index (χ0n) is 12.2. The van der Waals surface area contributed by atoms with Gasteiger partial charge in [-0.2, -0.15) is 13.2 Å². The van der Waals surface area contributed by atoms with E-state index in [9.17, 15) is 22.8 Å². The minimum absolute atomic E-state index is 0.0981. The number of pyridine rings is 1. The Morgan fingerprint density at radius 3 is 2.52 bits per heavy atom. The van der Waals surface area contributed by atoms with Crippen LogP contribution in [0.15, 0.2) is 23.1 Å². The van der Waals surface area contributed by atoms with E-state index in [0.717, 1.165) is 10.6 Å². The van der Waals surface area contributed by atoms with Crippen LogP contribution in [0.25, 0.3) is 0 Å². The van der Waals surface area contributed by atoms with Gasteiger partial charge in [-0.1, -0.05) is 0 Å². The Morgan fingerprint density at radius 2 is 1.96 bits per heavy atom. The van der Waals surface area contributed by atoms with Crippen LogP contribution < -0.4 is 5.56 Å². The van der Waals surface area contributed by atoms with Gasteiger partial charge in [0, 0.05) is 11.9 Å². The second-order valence-electron chi connectivity index (χ2n) is 4.92. The molecule has 1 N–H and O–H groups in total. The third-order valence-electron chi connectivity index (χ3n) is 3.09. The summed E-state index contributed by atoms with van der Waals surface area (Å²) in [6.45, 7) is 2.48. The number of rotatable bonds is 3. The maximum atomic E-state index is 12.8. The van der Waals surface area contributed by atoms with Crippen molar-refractivity contribution in [3.05, 3.63) is 57.0 Å². The zero-order chi connectivity index (χ0) is 17.4. The van der Waals surface area contributed by atoms with Crippen molar-refractivity contribution in [1.29, 1.82) is 0 Å². The molecule has 0 radical (unpaired) electrons. The topological polar surface area (TPSA) is 85.1 Å². The summed E-state index contributed by atoms with van der Waals surface area (Å²) >= 11 is 0. The second kappa shape index (κ2) is 5.82. The van der Waals surface area contributed by atoms with Crippen LogP contribution in [0.4, 0.5) is 13.2 Å². The van der Waals surface area contributed by atoms with Crippen LogP contribution in [0, 0.1) is 13.8 Å². The molecule has 0 saturated heterocycles. The van der Waals surface area contributed by atoms with Gasteiger partial charge in [0.2, 0.25) is 0 Å². The lowest BCUT2D eigenvalue weighted by atomic mass is 10.1. The minimum Gasteiger partial charge on any atom is -0.477 e. The highest BCUT2D eigenvalue weighted by Crippen LogP contribution is 2.27. The molecule has 2 aromatic heterocycles. The maximum absolute atomic E-state index is 12.8. The number of carbonyl (C=O) groups is 1. The van der Waals surface area contributed by atoms with Crippen LogP contribution in [0.1, 0.15) is 33.1 Å². The molecule has 0 unspecified atom stereocenters. The first kappa shape index (κ1) is 16.7. The molecule has 2 heterocycles. The summed E-state index contributed by atoms with van der Waals surface area (Å²) in [4.78, 5) is 30.5. The highest BCUT2D eigenvalue weighted by molar-refractivity contribution is 5.88. The van der Waals surface area contributed by atoms with E-state index in [1.165, 1.54) is 26.1 Å². The zero-order valence-corrected chi connectivity index (χ0v) is 12.2.